The number of ether oxygens (including phenoxy) is 1. The molecular weight excluding hydrogens is 470 g/mol. The molecule has 2 N–H and O–H groups in total. The van der Waals surface area contributed by atoms with Gasteiger partial charge in [-0.15, -0.1) is 0 Å². The number of para-hydroxylation sites is 1. The van der Waals surface area contributed by atoms with Crippen molar-refractivity contribution in [2.24, 2.45) is 0 Å². The van der Waals surface area contributed by atoms with E-state index in [1.165, 1.54) is 31.6 Å². The summed E-state index contributed by atoms with van der Waals surface area (Å²) in [5.74, 6) is -0.123. The molecule has 0 aliphatic heterocycles. The molecule has 0 radical (unpaired) electrons. The number of furan rings is 1. The zero-order valence-corrected chi connectivity index (χ0v) is 19.4. The molecule has 33 heavy (non-hydrogen) atoms. The van der Waals surface area contributed by atoms with Crippen LogP contribution in [0.1, 0.15) is 16.1 Å². The largest absolute Gasteiger partial charge is 0.495 e. The summed E-state index contributed by atoms with van der Waals surface area (Å²) in [6.07, 6.45) is 2.48. The maximum Gasteiger partial charge on any atom is 0.253 e. The smallest absolute Gasteiger partial charge is 0.253 e. The van der Waals surface area contributed by atoms with Crippen LogP contribution in [0, 0.1) is 0 Å². The Morgan fingerprint density at radius 3 is 2.52 bits per heavy atom. The van der Waals surface area contributed by atoms with Crippen molar-refractivity contribution >= 4 is 44.8 Å². The molecule has 3 aromatic rings. The van der Waals surface area contributed by atoms with Crippen LogP contribution in [0.4, 0.5) is 11.4 Å². The van der Waals surface area contributed by atoms with Gasteiger partial charge < -0.3 is 19.8 Å². The monoisotopic (exact) mass is 491 g/mol. The van der Waals surface area contributed by atoms with Gasteiger partial charge in [0.15, 0.2) is 0 Å². The molecule has 1 heterocycles. The van der Waals surface area contributed by atoms with E-state index in [0.717, 1.165) is 10.6 Å². The maximum absolute atomic E-state index is 12.7. The highest BCUT2D eigenvalue weighted by atomic mass is 35.5. The average Bonchev–Trinajstić information content (AvgIpc) is 3.29. The first-order valence-electron chi connectivity index (χ1n) is 9.69. The fraction of sp³-hybridized carbons (Fsp3) is 0.182. The summed E-state index contributed by atoms with van der Waals surface area (Å²) in [4.78, 5) is 25.4. The number of benzene rings is 2. The molecular formula is C22H22ClN3O6S. The molecule has 3 rings (SSSR count). The summed E-state index contributed by atoms with van der Waals surface area (Å²) in [5, 5.41) is 5.51. The summed E-state index contributed by atoms with van der Waals surface area (Å²) >= 11 is 6.11. The average molecular weight is 492 g/mol. The van der Waals surface area contributed by atoms with E-state index >= 15 is 0 Å². The highest BCUT2D eigenvalue weighted by Crippen LogP contribution is 2.30. The van der Waals surface area contributed by atoms with Gasteiger partial charge >= 0.3 is 0 Å². The van der Waals surface area contributed by atoms with Crippen molar-refractivity contribution in [2.45, 2.75) is 6.54 Å². The van der Waals surface area contributed by atoms with Crippen molar-refractivity contribution in [2.75, 3.05) is 29.5 Å². The topological polar surface area (TPSA) is 118 Å². The summed E-state index contributed by atoms with van der Waals surface area (Å²) in [6.45, 7) is -0.349. The van der Waals surface area contributed by atoms with Gasteiger partial charge in [0.25, 0.3) is 5.91 Å². The second kappa shape index (κ2) is 10.4. The summed E-state index contributed by atoms with van der Waals surface area (Å²) < 4.78 is 35.9. The number of carbonyl (C=O) groups is 2. The van der Waals surface area contributed by atoms with Crippen LogP contribution >= 0.6 is 11.6 Å². The first-order chi connectivity index (χ1) is 15.7. The Kier molecular flexibility index (Phi) is 7.62. The van der Waals surface area contributed by atoms with Gasteiger partial charge in [0.1, 0.15) is 18.1 Å². The van der Waals surface area contributed by atoms with Gasteiger partial charge in [0.05, 0.1) is 48.1 Å². The van der Waals surface area contributed by atoms with E-state index in [-0.39, 0.29) is 28.5 Å². The Balaban J connectivity index is 1.76. The van der Waals surface area contributed by atoms with E-state index in [4.69, 9.17) is 20.8 Å². The standard InChI is InChI=1S/C22H22ClN3O6S/c1-31-20-10-9-15(12-18(20)23)26(33(2,29)30)14-21(27)25-19-8-4-3-7-17(19)22(28)24-13-16-6-5-11-32-16/h3-12H,13-14H2,1-2H3,(H,24,28)(H,25,27). The lowest BCUT2D eigenvalue weighted by atomic mass is 10.1. The Morgan fingerprint density at radius 2 is 1.88 bits per heavy atom. The first-order valence-corrected chi connectivity index (χ1v) is 11.9. The number of amides is 2. The predicted molar refractivity (Wildman–Crippen MR) is 125 cm³/mol. The van der Waals surface area contributed by atoms with E-state index in [2.05, 4.69) is 10.6 Å². The molecule has 0 aliphatic rings. The number of halogens is 1. The van der Waals surface area contributed by atoms with Crippen LogP contribution in [0.5, 0.6) is 5.75 Å². The van der Waals surface area contributed by atoms with Crippen molar-refractivity contribution < 1.29 is 27.2 Å². The SMILES string of the molecule is COc1ccc(N(CC(=O)Nc2ccccc2C(=O)NCc2ccco2)S(C)(=O)=O)cc1Cl. The lowest BCUT2D eigenvalue weighted by Gasteiger charge is -2.22. The van der Waals surface area contributed by atoms with Gasteiger partial charge in [0.2, 0.25) is 15.9 Å². The number of anilines is 2. The molecule has 0 fully saturated rings. The molecule has 2 aromatic carbocycles. The second-order valence-corrected chi connectivity index (χ2v) is 9.26. The molecule has 1 aromatic heterocycles. The van der Waals surface area contributed by atoms with E-state index in [1.807, 2.05) is 0 Å². The van der Waals surface area contributed by atoms with Crippen LogP contribution in [-0.4, -0.2) is 40.1 Å². The number of hydrogen-bond donors (Lipinski definition) is 2. The number of rotatable bonds is 9. The number of methoxy groups -OCH3 is 1. The summed E-state index contributed by atoms with van der Waals surface area (Å²) in [7, 11) is -2.38. The minimum Gasteiger partial charge on any atom is -0.495 e. The Morgan fingerprint density at radius 1 is 1.12 bits per heavy atom. The molecule has 2 amide bonds. The third-order valence-electron chi connectivity index (χ3n) is 4.56. The van der Waals surface area contributed by atoms with Gasteiger partial charge in [0, 0.05) is 0 Å². The molecule has 0 saturated carbocycles. The van der Waals surface area contributed by atoms with Crippen molar-refractivity contribution in [1.82, 2.24) is 5.32 Å². The van der Waals surface area contributed by atoms with Crippen molar-refractivity contribution in [3.8, 4) is 5.75 Å². The third kappa shape index (κ3) is 6.27. The maximum atomic E-state index is 12.7. The minimum absolute atomic E-state index is 0.175. The second-order valence-electron chi connectivity index (χ2n) is 6.94. The fourth-order valence-corrected chi connectivity index (χ4v) is 4.10. The Hall–Kier alpha value is -3.50. The van der Waals surface area contributed by atoms with Gasteiger partial charge in [-0.05, 0) is 42.5 Å². The van der Waals surface area contributed by atoms with Gasteiger partial charge in [-0.25, -0.2) is 8.42 Å². The van der Waals surface area contributed by atoms with Crippen LogP contribution in [0.2, 0.25) is 5.02 Å². The lowest BCUT2D eigenvalue weighted by Crippen LogP contribution is -2.37. The number of hydrogen-bond acceptors (Lipinski definition) is 6. The van der Waals surface area contributed by atoms with Crippen LogP contribution in [0.25, 0.3) is 0 Å². The van der Waals surface area contributed by atoms with Crippen molar-refractivity contribution in [3.05, 3.63) is 77.2 Å². The Bertz CT molecular complexity index is 1240. The molecule has 11 heteroatoms. The number of sulfonamides is 1. The molecule has 9 nitrogen and oxygen atoms in total. The van der Waals surface area contributed by atoms with E-state index < -0.39 is 28.4 Å². The molecule has 0 atom stereocenters. The molecule has 0 saturated heterocycles. The first kappa shape index (κ1) is 24.1. The van der Waals surface area contributed by atoms with Crippen molar-refractivity contribution in [3.63, 3.8) is 0 Å². The van der Waals surface area contributed by atoms with Crippen LogP contribution in [-0.2, 0) is 21.4 Å². The highest BCUT2D eigenvalue weighted by molar-refractivity contribution is 7.92. The zero-order chi connectivity index (χ0) is 24.0. The van der Waals surface area contributed by atoms with Crippen LogP contribution < -0.4 is 19.7 Å². The predicted octanol–water partition coefficient (Wildman–Crippen LogP) is 3.28. The highest BCUT2D eigenvalue weighted by Gasteiger charge is 2.23. The number of carbonyl (C=O) groups excluding carboxylic acids is 2. The van der Waals surface area contributed by atoms with E-state index in [9.17, 15) is 18.0 Å². The van der Waals surface area contributed by atoms with Gasteiger partial charge in [-0.2, -0.15) is 0 Å². The molecule has 0 aliphatic carbocycles. The molecule has 0 unspecified atom stereocenters. The minimum atomic E-state index is -3.82. The number of nitrogens with zero attached hydrogens (tertiary/aromatic N) is 1. The normalized spacial score (nSPS) is 11.0. The van der Waals surface area contributed by atoms with E-state index in [0.29, 0.717) is 11.5 Å². The third-order valence-corrected chi connectivity index (χ3v) is 6.00. The summed E-state index contributed by atoms with van der Waals surface area (Å²) in [6, 6.07) is 14.2. The lowest BCUT2D eigenvalue weighted by molar-refractivity contribution is -0.114. The van der Waals surface area contributed by atoms with Gasteiger partial charge in [-0.3, -0.25) is 13.9 Å². The number of nitrogens with one attached hydrogen (secondary N) is 2. The van der Waals surface area contributed by atoms with Crippen LogP contribution in [0.15, 0.2) is 65.3 Å². The molecule has 0 bridgehead atoms. The quantitative estimate of drug-likeness (QED) is 0.474. The zero-order valence-electron chi connectivity index (χ0n) is 17.9. The van der Waals surface area contributed by atoms with Crippen LogP contribution in [0.3, 0.4) is 0 Å². The van der Waals surface area contributed by atoms with Gasteiger partial charge in [-0.1, -0.05) is 23.7 Å². The fourth-order valence-electron chi connectivity index (χ4n) is 3.00. The molecule has 174 valence electrons. The van der Waals surface area contributed by atoms with Crippen molar-refractivity contribution in [1.29, 1.82) is 0 Å². The molecule has 0 spiro atoms. The Labute approximate surface area is 196 Å². The summed E-state index contributed by atoms with van der Waals surface area (Å²) in [5.41, 5.74) is 0.652. The van der Waals surface area contributed by atoms with E-state index in [1.54, 1.807) is 36.4 Å².